The summed E-state index contributed by atoms with van der Waals surface area (Å²) >= 11 is 5.99. The Morgan fingerprint density at radius 3 is 2.58 bits per heavy atom. The molecule has 102 valence electrons. The van der Waals surface area contributed by atoms with Gasteiger partial charge in [0.05, 0.1) is 17.3 Å². The van der Waals surface area contributed by atoms with Gasteiger partial charge in [-0.15, -0.1) is 0 Å². The molecule has 0 N–H and O–H groups in total. The molecule has 0 aliphatic heterocycles. The number of nitriles is 1. The van der Waals surface area contributed by atoms with Crippen molar-refractivity contribution in [1.29, 1.82) is 5.26 Å². The van der Waals surface area contributed by atoms with E-state index in [9.17, 15) is 4.79 Å². The second-order valence-electron chi connectivity index (χ2n) is 4.76. The van der Waals surface area contributed by atoms with E-state index in [0.29, 0.717) is 5.82 Å². The highest BCUT2D eigenvalue weighted by Crippen LogP contribution is 2.18. The summed E-state index contributed by atoms with van der Waals surface area (Å²) in [5.74, 6) is 0.326. The quantitative estimate of drug-likeness (QED) is 0.795. The molecule has 1 rings (SSSR count). The molecule has 1 heterocycles. The number of hydrogen-bond donors (Lipinski definition) is 0. The number of carbonyl (C=O) groups is 1. The molecule has 0 atom stereocenters. The van der Waals surface area contributed by atoms with Crippen LogP contribution in [0.1, 0.15) is 49.9 Å². The summed E-state index contributed by atoms with van der Waals surface area (Å²) in [5.41, 5.74) is 0.157. The number of hydrogen-bond acceptors (Lipinski definition) is 4. The topological polar surface area (TPSA) is 69.9 Å². The molecule has 0 aliphatic carbocycles. The van der Waals surface area contributed by atoms with E-state index in [0.717, 1.165) is 0 Å². The molecule has 0 spiro atoms. The van der Waals surface area contributed by atoms with Gasteiger partial charge in [-0.25, -0.2) is 9.97 Å². The van der Waals surface area contributed by atoms with Crippen molar-refractivity contribution in [2.24, 2.45) is 0 Å². The first-order chi connectivity index (χ1) is 8.88. The highest BCUT2D eigenvalue weighted by Gasteiger charge is 2.23. The molecule has 0 radical (unpaired) electrons. The molecule has 0 fully saturated rings. The van der Waals surface area contributed by atoms with Gasteiger partial charge in [0.15, 0.2) is 5.69 Å². The Hall–Kier alpha value is -1.67. The number of amides is 1. The predicted molar refractivity (Wildman–Crippen MR) is 72.9 cm³/mol. The lowest BCUT2D eigenvalue weighted by molar-refractivity contribution is 0.0725. The van der Waals surface area contributed by atoms with Crippen LogP contribution in [0.2, 0.25) is 5.02 Å². The van der Waals surface area contributed by atoms with Crippen molar-refractivity contribution in [2.75, 3.05) is 6.54 Å². The summed E-state index contributed by atoms with van der Waals surface area (Å²) < 4.78 is 0. The van der Waals surface area contributed by atoms with Crippen molar-refractivity contribution in [3.05, 3.63) is 22.7 Å². The third kappa shape index (κ3) is 3.65. The van der Waals surface area contributed by atoms with Crippen LogP contribution in [-0.4, -0.2) is 33.4 Å². The van der Waals surface area contributed by atoms with Gasteiger partial charge in [-0.05, 0) is 13.8 Å². The molecule has 0 saturated carbocycles. The Morgan fingerprint density at radius 1 is 1.47 bits per heavy atom. The fraction of sp³-hybridized carbons (Fsp3) is 0.538. The highest BCUT2D eigenvalue weighted by molar-refractivity contribution is 6.33. The molecule has 0 saturated heterocycles. The Labute approximate surface area is 118 Å². The monoisotopic (exact) mass is 280 g/mol. The molecule has 0 unspecified atom stereocenters. The number of aromatic nitrogens is 2. The van der Waals surface area contributed by atoms with E-state index in [1.165, 1.54) is 11.1 Å². The molecule has 6 heteroatoms. The second-order valence-corrected chi connectivity index (χ2v) is 5.17. The third-order valence-electron chi connectivity index (χ3n) is 2.61. The van der Waals surface area contributed by atoms with Gasteiger partial charge in [0, 0.05) is 12.0 Å². The van der Waals surface area contributed by atoms with Crippen molar-refractivity contribution >= 4 is 17.5 Å². The average Bonchev–Trinajstić information content (AvgIpc) is 2.35. The molecule has 1 amide bonds. The fourth-order valence-corrected chi connectivity index (χ4v) is 1.68. The molecule has 1 aromatic heterocycles. The molecular formula is C13H17ClN4O. The van der Waals surface area contributed by atoms with Crippen molar-refractivity contribution < 1.29 is 4.79 Å². The zero-order valence-electron chi connectivity index (χ0n) is 11.5. The number of nitrogens with zero attached hydrogens (tertiary/aromatic N) is 4. The van der Waals surface area contributed by atoms with Gasteiger partial charge >= 0.3 is 0 Å². The van der Waals surface area contributed by atoms with E-state index in [-0.39, 0.29) is 35.1 Å². The first-order valence-electron chi connectivity index (χ1n) is 6.08. The SMILES string of the molecule is CC(C)c1ncc(Cl)c(C(=O)N(CC#N)C(C)C)n1. The van der Waals surface area contributed by atoms with Crippen molar-refractivity contribution in [1.82, 2.24) is 14.9 Å². The molecule has 1 aromatic rings. The van der Waals surface area contributed by atoms with Crippen LogP contribution in [0.25, 0.3) is 0 Å². The molecule has 19 heavy (non-hydrogen) atoms. The van der Waals surface area contributed by atoms with Crippen LogP contribution >= 0.6 is 11.6 Å². The summed E-state index contributed by atoms with van der Waals surface area (Å²) in [7, 11) is 0. The van der Waals surface area contributed by atoms with Crippen LogP contribution in [0.5, 0.6) is 0 Å². The summed E-state index contributed by atoms with van der Waals surface area (Å²) in [6.07, 6.45) is 1.43. The Kier molecular flexibility index (Phi) is 5.25. The van der Waals surface area contributed by atoms with Gasteiger partial charge in [0.25, 0.3) is 5.91 Å². The minimum absolute atomic E-state index is 0.00778. The lowest BCUT2D eigenvalue weighted by Crippen LogP contribution is -2.38. The molecular weight excluding hydrogens is 264 g/mol. The summed E-state index contributed by atoms with van der Waals surface area (Å²) in [6, 6.07) is 1.88. The van der Waals surface area contributed by atoms with E-state index >= 15 is 0 Å². The first-order valence-corrected chi connectivity index (χ1v) is 6.46. The minimum atomic E-state index is -0.342. The smallest absolute Gasteiger partial charge is 0.275 e. The fourth-order valence-electron chi connectivity index (χ4n) is 1.51. The van der Waals surface area contributed by atoms with E-state index in [1.54, 1.807) is 0 Å². The van der Waals surface area contributed by atoms with E-state index < -0.39 is 0 Å². The standard InChI is InChI=1S/C13H17ClN4O/c1-8(2)12-16-7-10(14)11(17-12)13(19)18(6-5-15)9(3)4/h7-9H,6H2,1-4H3. The van der Waals surface area contributed by atoms with Crippen LogP contribution in [0.4, 0.5) is 0 Å². The van der Waals surface area contributed by atoms with Crippen LogP contribution in [-0.2, 0) is 0 Å². The van der Waals surface area contributed by atoms with Gasteiger partial charge in [-0.3, -0.25) is 4.79 Å². The summed E-state index contributed by atoms with van der Waals surface area (Å²) in [5, 5.41) is 8.99. The van der Waals surface area contributed by atoms with Crippen molar-refractivity contribution in [2.45, 2.75) is 39.7 Å². The molecule has 0 aromatic carbocycles. The summed E-state index contributed by atoms with van der Waals surface area (Å²) in [6.45, 7) is 7.56. The maximum atomic E-state index is 12.4. The average molecular weight is 281 g/mol. The zero-order chi connectivity index (χ0) is 14.6. The van der Waals surface area contributed by atoms with Crippen molar-refractivity contribution in [3.63, 3.8) is 0 Å². The van der Waals surface area contributed by atoms with E-state index in [2.05, 4.69) is 9.97 Å². The number of carbonyl (C=O) groups excluding carboxylic acids is 1. The lowest BCUT2D eigenvalue weighted by atomic mass is 10.2. The summed E-state index contributed by atoms with van der Waals surface area (Å²) in [4.78, 5) is 22.1. The van der Waals surface area contributed by atoms with Crippen LogP contribution < -0.4 is 0 Å². The maximum absolute atomic E-state index is 12.4. The Bertz CT molecular complexity index is 508. The van der Waals surface area contributed by atoms with E-state index in [4.69, 9.17) is 16.9 Å². The van der Waals surface area contributed by atoms with Gasteiger partial charge in [0.2, 0.25) is 0 Å². The molecule has 0 bridgehead atoms. The van der Waals surface area contributed by atoms with Crippen LogP contribution in [0.3, 0.4) is 0 Å². The largest absolute Gasteiger partial charge is 0.322 e. The normalized spacial score (nSPS) is 10.6. The molecule has 0 aliphatic rings. The minimum Gasteiger partial charge on any atom is -0.322 e. The molecule has 5 nitrogen and oxygen atoms in total. The second kappa shape index (κ2) is 6.48. The Morgan fingerprint density at radius 2 is 2.11 bits per heavy atom. The van der Waals surface area contributed by atoms with Crippen LogP contribution in [0.15, 0.2) is 6.20 Å². The zero-order valence-corrected chi connectivity index (χ0v) is 12.3. The van der Waals surface area contributed by atoms with Gasteiger partial charge in [-0.2, -0.15) is 5.26 Å². The number of rotatable bonds is 4. The lowest BCUT2D eigenvalue weighted by Gasteiger charge is -2.23. The van der Waals surface area contributed by atoms with Gasteiger partial charge in [-0.1, -0.05) is 25.4 Å². The van der Waals surface area contributed by atoms with E-state index in [1.807, 2.05) is 33.8 Å². The maximum Gasteiger partial charge on any atom is 0.275 e. The van der Waals surface area contributed by atoms with Crippen LogP contribution in [0, 0.1) is 11.3 Å². The highest BCUT2D eigenvalue weighted by atomic mass is 35.5. The van der Waals surface area contributed by atoms with Gasteiger partial charge < -0.3 is 4.90 Å². The number of halogens is 1. The first kappa shape index (κ1) is 15.4. The van der Waals surface area contributed by atoms with Gasteiger partial charge in [0.1, 0.15) is 12.4 Å². The Balaban J connectivity index is 3.17. The predicted octanol–water partition coefficient (Wildman–Crippen LogP) is 2.63. The van der Waals surface area contributed by atoms with Crippen molar-refractivity contribution in [3.8, 4) is 6.07 Å². The third-order valence-corrected chi connectivity index (χ3v) is 2.88.